The van der Waals surface area contributed by atoms with Crippen molar-refractivity contribution in [1.82, 2.24) is 10.2 Å². The Balaban J connectivity index is 1.48. The number of benzene rings is 2. The minimum atomic E-state index is -0.575. The number of phenolic OH excluding ortho intramolecular Hbond substituents is 1. The summed E-state index contributed by atoms with van der Waals surface area (Å²) >= 11 is 0. The lowest BCUT2D eigenvalue weighted by atomic mass is 9.92. The average molecular weight is 406 g/mol. The van der Waals surface area contributed by atoms with Gasteiger partial charge in [-0.3, -0.25) is 19.2 Å². The first kappa shape index (κ1) is 19.8. The van der Waals surface area contributed by atoms with Gasteiger partial charge in [-0.25, -0.2) is 0 Å². The average Bonchev–Trinajstić information content (AvgIpc) is 3.04. The number of amides is 2. The lowest BCUT2D eigenvalue weighted by molar-refractivity contribution is -0.133. The van der Waals surface area contributed by atoms with E-state index >= 15 is 0 Å². The molecule has 0 radical (unpaired) electrons. The molecule has 154 valence electrons. The maximum Gasteiger partial charge on any atom is 0.255 e. The molecule has 2 N–H and O–H groups in total. The van der Waals surface area contributed by atoms with Gasteiger partial charge in [-0.15, -0.1) is 0 Å². The van der Waals surface area contributed by atoms with Crippen molar-refractivity contribution in [1.29, 1.82) is 0 Å². The highest BCUT2D eigenvalue weighted by Crippen LogP contribution is 2.29. The van der Waals surface area contributed by atoms with Crippen LogP contribution in [0.15, 0.2) is 42.5 Å². The Hall–Kier alpha value is -3.48. The van der Waals surface area contributed by atoms with E-state index in [1.807, 2.05) is 6.92 Å². The number of phenols is 1. The smallest absolute Gasteiger partial charge is 0.255 e. The van der Waals surface area contributed by atoms with Gasteiger partial charge in [0, 0.05) is 24.1 Å². The topological polar surface area (TPSA) is 104 Å². The molecule has 2 aliphatic rings. The molecular formula is C23H22N2O5. The first-order valence-electron chi connectivity index (χ1n) is 9.91. The lowest BCUT2D eigenvalue weighted by Crippen LogP contribution is -2.44. The quantitative estimate of drug-likeness (QED) is 0.760. The van der Waals surface area contributed by atoms with Crippen molar-refractivity contribution in [3.05, 3.63) is 64.7 Å². The fourth-order valence-corrected chi connectivity index (χ4v) is 4.05. The Morgan fingerprint density at radius 3 is 2.57 bits per heavy atom. The van der Waals surface area contributed by atoms with Crippen LogP contribution in [0.1, 0.15) is 64.1 Å². The van der Waals surface area contributed by atoms with Crippen molar-refractivity contribution in [3.8, 4) is 5.75 Å². The summed E-state index contributed by atoms with van der Waals surface area (Å²) in [5, 5.41) is 12.3. The molecule has 0 spiro atoms. The number of rotatable bonds is 4. The van der Waals surface area contributed by atoms with Crippen LogP contribution in [-0.4, -0.2) is 39.4 Å². The molecule has 0 bridgehead atoms. The van der Waals surface area contributed by atoms with Crippen molar-refractivity contribution >= 4 is 23.4 Å². The Morgan fingerprint density at radius 2 is 1.87 bits per heavy atom. The normalized spacial score (nSPS) is 19.6. The number of aromatic hydroxyl groups is 1. The number of fused-ring (bicyclic) bond motifs is 1. The van der Waals surface area contributed by atoms with Crippen LogP contribution in [-0.2, 0) is 16.1 Å². The fourth-order valence-electron chi connectivity index (χ4n) is 4.05. The van der Waals surface area contributed by atoms with Crippen molar-refractivity contribution in [2.45, 2.75) is 44.8 Å². The van der Waals surface area contributed by atoms with Gasteiger partial charge in [-0.1, -0.05) is 12.1 Å². The molecule has 1 saturated carbocycles. The molecule has 7 heteroatoms. The second-order valence-electron chi connectivity index (χ2n) is 7.83. The molecule has 1 aliphatic carbocycles. The number of hydrogen-bond acceptors (Lipinski definition) is 5. The van der Waals surface area contributed by atoms with E-state index in [2.05, 4.69) is 5.32 Å². The summed E-state index contributed by atoms with van der Waals surface area (Å²) in [6.45, 7) is 2.10. The summed E-state index contributed by atoms with van der Waals surface area (Å²) in [6.07, 6.45) is 0.543. The summed E-state index contributed by atoms with van der Waals surface area (Å²) in [6, 6.07) is 10.7. The third-order valence-corrected chi connectivity index (χ3v) is 5.76. The molecule has 2 aromatic rings. The van der Waals surface area contributed by atoms with E-state index in [4.69, 9.17) is 0 Å². The molecule has 1 unspecified atom stereocenters. The molecule has 30 heavy (non-hydrogen) atoms. The summed E-state index contributed by atoms with van der Waals surface area (Å²) in [5.74, 6) is -0.646. The number of hydrogen-bond donors (Lipinski definition) is 2. The van der Waals surface area contributed by atoms with E-state index in [9.17, 15) is 24.3 Å². The minimum Gasteiger partial charge on any atom is -0.508 e. The van der Waals surface area contributed by atoms with Gasteiger partial charge in [0.15, 0.2) is 5.78 Å². The van der Waals surface area contributed by atoms with Gasteiger partial charge >= 0.3 is 0 Å². The third-order valence-electron chi connectivity index (χ3n) is 5.76. The molecule has 1 heterocycles. The van der Waals surface area contributed by atoms with Crippen LogP contribution in [0, 0.1) is 0 Å². The summed E-state index contributed by atoms with van der Waals surface area (Å²) in [4.78, 5) is 50.7. The highest BCUT2D eigenvalue weighted by molar-refractivity contribution is 6.08. The zero-order chi connectivity index (χ0) is 21.4. The molecule has 0 saturated heterocycles. The van der Waals surface area contributed by atoms with Crippen molar-refractivity contribution in [3.63, 3.8) is 0 Å². The molecule has 0 aromatic heterocycles. The van der Waals surface area contributed by atoms with E-state index in [0.717, 1.165) is 5.56 Å². The summed E-state index contributed by atoms with van der Waals surface area (Å²) in [7, 11) is 0. The van der Waals surface area contributed by atoms with Gasteiger partial charge in [0.25, 0.3) is 11.8 Å². The predicted octanol–water partition coefficient (Wildman–Crippen LogP) is 2.53. The van der Waals surface area contributed by atoms with Gasteiger partial charge in [0.1, 0.15) is 11.5 Å². The van der Waals surface area contributed by atoms with Crippen LogP contribution in [0.4, 0.5) is 0 Å². The predicted molar refractivity (Wildman–Crippen MR) is 108 cm³/mol. The molecule has 2 atom stereocenters. The van der Waals surface area contributed by atoms with Crippen LogP contribution < -0.4 is 5.32 Å². The maximum absolute atomic E-state index is 12.8. The Morgan fingerprint density at radius 1 is 1.13 bits per heavy atom. The first-order valence-corrected chi connectivity index (χ1v) is 9.91. The molecule has 7 nitrogen and oxygen atoms in total. The molecule has 2 aromatic carbocycles. The highest BCUT2D eigenvalue weighted by atomic mass is 16.3. The Labute approximate surface area is 173 Å². The van der Waals surface area contributed by atoms with Gasteiger partial charge in [-0.2, -0.15) is 0 Å². The number of carbonyl (C=O) groups excluding carboxylic acids is 4. The number of carbonyl (C=O) groups is 4. The summed E-state index contributed by atoms with van der Waals surface area (Å²) in [5.41, 5.74) is 2.48. The first-order chi connectivity index (χ1) is 14.3. The van der Waals surface area contributed by atoms with E-state index in [-0.39, 0.29) is 48.1 Å². The van der Waals surface area contributed by atoms with Gasteiger partial charge in [-0.05, 0) is 54.8 Å². The number of ketones is 2. The van der Waals surface area contributed by atoms with Gasteiger partial charge in [0.2, 0.25) is 0 Å². The van der Waals surface area contributed by atoms with Crippen molar-refractivity contribution < 1.29 is 24.3 Å². The van der Waals surface area contributed by atoms with Gasteiger partial charge in [0.05, 0.1) is 18.5 Å². The van der Waals surface area contributed by atoms with E-state index in [0.29, 0.717) is 29.5 Å². The SMILES string of the molecule is C[C@H](NC(=O)c1ccc2c(c1)CN(C1CCC(=O)CC1=O)C2=O)c1ccc(O)cc1. The van der Waals surface area contributed by atoms with Crippen molar-refractivity contribution in [2.75, 3.05) is 0 Å². The van der Waals surface area contributed by atoms with Crippen LogP contribution in [0.5, 0.6) is 5.75 Å². The standard InChI is InChI=1S/C23H22N2O5/c1-13(14-2-5-17(26)6-3-14)24-22(29)15-4-8-19-16(10-15)12-25(23(19)30)20-9-7-18(27)11-21(20)28/h2-6,8,10,13,20,26H,7,9,11-12H2,1H3,(H,24,29)/t13-,20?/m0/s1. The number of nitrogens with zero attached hydrogens (tertiary/aromatic N) is 1. The van der Waals surface area contributed by atoms with E-state index in [1.165, 1.54) is 4.90 Å². The molecule has 1 fully saturated rings. The fraction of sp³-hybridized carbons (Fsp3) is 0.304. The van der Waals surface area contributed by atoms with Gasteiger partial charge < -0.3 is 15.3 Å². The second kappa shape index (κ2) is 7.74. The van der Waals surface area contributed by atoms with E-state index in [1.54, 1.807) is 42.5 Å². The monoisotopic (exact) mass is 406 g/mol. The molecule has 4 rings (SSSR count). The summed E-state index contributed by atoms with van der Waals surface area (Å²) < 4.78 is 0. The van der Waals surface area contributed by atoms with Crippen LogP contribution >= 0.6 is 0 Å². The Bertz CT molecular complexity index is 1040. The lowest BCUT2D eigenvalue weighted by Gasteiger charge is -2.29. The van der Waals surface area contributed by atoms with Crippen molar-refractivity contribution in [2.24, 2.45) is 0 Å². The third kappa shape index (κ3) is 3.70. The van der Waals surface area contributed by atoms with E-state index < -0.39 is 6.04 Å². The zero-order valence-corrected chi connectivity index (χ0v) is 16.6. The largest absolute Gasteiger partial charge is 0.508 e. The number of nitrogens with one attached hydrogen (secondary N) is 1. The number of Topliss-reactive ketones (excluding diaryl/α,β-unsaturated/α-hetero) is 2. The molecule has 1 aliphatic heterocycles. The van der Waals surface area contributed by atoms with Crippen LogP contribution in [0.2, 0.25) is 0 Å². The maximum atomic E-state index is 12.8. The molecule has 2 amide bonds. The second-order valence-corrected chi connectivity index (χ2v) is 7.83. The molecular weight excluding hydrogens is 384 g/mol. The highest BCUT2D eigenvalue weighted by Gasteiger charge is 2.39. The minimum absolute atomic E-state index is 0.0814. The van der Waals surface area contributed by atoms with Crippen LogP contribution in [0.3, 0.4) is 0 Å². The zero-order valence-electron chi connectivity index (χ0n) is 16.6. The van der Waals surface area contributed by atoms with Crippen LogP contribution in [0.25, 0.3) is 0 Å². The Kier molecular flexibility index (Phi) is 5.11.